The van der Waals surface area contributed by atoms with Crippen molar-refractivity contribution in [3.8, 4) is 0 Å². The second-order valence-electron chi connectivity index (χ2n) is 5.32. The van der Waals surface area contributed by atoms with E-state index >= 15 is 0 Å². The van der Waals surface area contributed by atoms with Crippen molar-refractivity contribution in [2.75, 3.05) is 33.4 Å². The van der Waals surface area contributed by atoms with Crippen molar-refractivity contribution >= 4 is 5.91 Å². The molecule has 1 fully saturated rings. The van der Waals surface area contributed by atoms with E-state index in [1.165, 1.54) is 5.56 Å². The Labute approximate surface area is 126 Å². The number of ether oxygens (including phenoxy) is 1. The highest BCUT2D eigenvalue weighted by Crippen LogP contribution is 2.07. The summed E-state index contributed by atoms with van der Waals surface area (Å²) in [7, 11) is 1.67. The Balaban J connectivity index is 1.82. The predicted octanol–water partition coefficient (Wildman–Crippen LogP) is 0.961. The maximum absolute atomic E-state index is 12.5. The highest BCUT2D eigenvalue weighted by molar-refractivity contribution is 5.82. The molecule has 21 heavy (non-hydrogen) atoms. The van der Waals surface area contributed by atoms with E-state index in [0.717, 1.165) is 32.4 Å². The van der Waals surface area contributed by atoms with Crippen LogP contribution in [-0.2, 0) is 16.0 Å². The zero-order chi connectivity index (χ0) is 14.9. The lowest BCUT2D eigenvalue weighted by Crippen LogP contribution is -2.47. The highest BCUT2D eigenvalue weighted by atomic mass is 16.5. The summed E-state index contributed by atoms with van der Waals surface area (Å²) in [5, 5.41) is 0. The van der Waals surface area contributed by atoms with Crippen LogP contribution in [-0.4, -0.2) is 50.2 Å². The molecule has 1 aromatic carbocycles. The average Bonchev–Trinajstić information content (AvgIpc) is 3.05. The molecule has 0 radical (unpaired) electrons. The van der Waals surface area contributed by atoms with E-state index in [1.54, 1.807) is 7.11 Å². The number of hydrogen-bond donors (Lipinski definition) is 2. The number of hydrazine groups is 1. The van der Waals surface area contributed by atoms with Gasteiger partial charge in [-0.15, -0.1) is 0 Å². The number of methoxy groups -OCH3 is 1. The molecule has 1 aliphatic rings. The van der Waals surface area contributed by atoms with Crippen molar-refractivity contribution in [2.45, 2.75) is 25.3 Å². The van der Waals surface area contributed by atoms with E-state index in [-0.39, 0.29) is 11.9 Å². The first-order valence-electron chi connectivity index (χ1n) is 7.61. The van der Waals surface area contributed by atoms with Gasteiger partial charge in [-0.2, -0.15) is 0 Å². The SMILES string of the molecule is COCCN(CCCc1ccccc1)C(=O)C1CCNN1. The molecule has 0 bridgehead atoms. The zero-order valence-corrected chi connectivity index (χ0v) is 12.7. The first kappa shape index (κ1) is 15.9. The van der Waals surface area contributed by atoms with Crippen molar-refractivity contribution in [3.63, 3.8) is 0 Å². The smallest absolute Gasteiger partial charge is 0.241 e. The molecule has 0 saturated carbocycles. The zero-order valence-electron chi connectivity index (χ0n) is 12.7. The lowest BCUT2D eigenvalue weighted by atomic mass is 10.1. The van der Waals surface area contributed by atoms with Crippen molar-refractivity contribution < 1.29 is 9.53 Å². The number of amides is 1. The molecular formula is C16H25N3O2. The molecule has 1 atom stereocenters. The Hall–Kier alpha value is -1.43. The normalized spacial score (nSPS) is 17.9. The molecule has 0 spiro atoms. The minimum absolute atomic E-state index is 0.0985. The molecule has 1 saturated heterocycles. The van der Waals surface area contributed by atoms with E-state index in [1.807, 2.05) is 11.0 Å². The Morgan fingerprint density at radius 3 is 2.81 bits per heavy atom. The molecule has 1 unspecified atom stereocenters. The minimum Gasteiger partial charge on any atom is -0.383 e. The molecule has 0 aliphatic carbocycles. The first-order chi connectivity index (χ1) is 10.3. The van der Waals surface area contributed by atoms with E-state index in [2.05, 4.69) is 35.1 Å². The van der Waals surface area contributed by atoms with Crippen LogP contribution in [0.3, 0.4) is 0 Å². The number of hydrogen-bond acceptors (Lipinski definition) is 4. The van der Waals surface area contributed by atoms with Crippen LogP contribution in [0.15, 0.2) is 30.3 Å². The van der Waals surface area contributed by atoms with Gasteiger partial charge in [0.05, 0.1) is 6.61 Å². The van der Waals surface area contributed by atoms with E-state index in [9.17, 15) is 4.79 Å². The van der Waals surface area contributed by atoms with Gasteiger partial charge in [-0.05, 0) is 24.8 Å². The quantitative estimate of drug-likeness (QED) is 0.749. The molecule has 1 amide bonds. The summed E-state index contributed by atoms with van der Waals surface area (Å²) in [4.78, 5) is 14.4. The van der Waals surface area contributed by atoms with Gasteiger partial charge in [0.2, 0.25) is 5.91 Å². The Kier molecular flexibility index (Phi) is 6.66. The molecular weight excluding hydrogens is 266 g/mol. The fourth-order valence-electron chi connectivity index (χ4n) is 2.54. The maximum Gasteiger partial charge on any atom is 0.241 e. The molecule has 5 nitrogen and oxygen atoms in total. The van der Waals surface area contributed by atoms with Crippen LogP contribution >= 0.6 is 0 Å². The average molecular weight is 291 g/mol. The number of benzene rings is 1. The van der Waals surface area contributed by atoms with Gasteiger partial charge in [-0.1, -0.05) is 30.3 Å². The van der Waals surface area contributed by atoms with Crippen molar-refractivity contribution in [3.05, 3.63) is 35.9 Å². The van der Waals surface area contributed by atoms with E-state index < -0.39 is 0 Å². The van der Waals surface area contributed by atoms with Crippen LogP contribution in [0.4, 0.5) is 0 Å². The number of aryl methyl sites for hydroxylation is 1. The summed E-state index contributed by atoms with van der Waals surface area (Å²) >= 11 is 0. The Bertz CT molecular complexity index is 419. The summed E-state index contributed by atoms with van der Waals surface area (Å²) in [5.74, 6) is 0.171. The van der Waals surface area contributed by atoms with E-state index in [4.69, 9.17) is 4.74 Å². The van der Waals surface area contributed by atoms with Gasteiger partial charge in [0.15, 0.2) is 0 Å². The number of carbonyl (C=O) groups excluding carboxylic acids is 1. The fraction of sp³-hybridized carbons (Fsp3) is 0.562. The second-order valence-corrected chi connectivity index (χ2v) is 5.32. The summed E-state index contributed by atoms with van der Waals surface area (Å²) < 4.78 is 5.12. The number of nitrogens with one attached hydrogen (secondary N) is 2. The standard InChI is InChI=1S/C16H25N3O2/c1-21-13-12-19(16(20)15-9-10-17-18-15)11-5-8-14-6-3-2-4-7-14/h2-4,6-7,15,17-18H,5,8-13H2,1H3. The lowest BCUT2D eigenvalue weighted by molar-refractivity contribution is -0.133. The third kappa shape index (κ3) is 5.12. The third-order valence-electron chi connectivity index (χ3n) is 3.75. The van der Waals surface area contributed by atoms with Gasteiger partial charge in [0.25, 0.3) is 0 Å². The van der Waals surface area contributed by atoms with Gasteiger partial charge in [-0.3, -0.25) is 10.2 Å². The van der Waals surface area contributed by atoms with Crippen LogP contribution in [0.2, 0.25) is 0 Å². The molecule has 1 aromatic rings. The summed E-state index contributed by atoms with van der Waals surface area (Å²) in [6.07, 6.45) is 2.81. The van der Waals surface area contributed by atoms with Crippen LogP contribution in [0.5, 0.6) is 0 Å². The molecule has 0 aromatic heterocycles. The van der Waals surface area contributed by atoms with Crippen LogP contribution < -0.4 is 10.9 Å². The monoisotopic (exact) mass is 291 g/mol. The second kappa shape index (κ2) is 8.77. The Morgan fingerprint density at radius 1 is 1.33 bits per heavy atom. The maximum atomic E-state index is 12.5. The summed E-state index contributed by atoms with van der Waals surface area (Å²) in [5.41, 5.74) is 7.37. The van der Waals surface area contributed by atoms with Gasteiger partial charge in [-0.25, -0.2) is 5.43 Å². The van der Waals surface area contributed by atoms with Crippen LogP contribution in [0.1, 0.15) is 18.4 Å². The van der Waals surface area contributed by atoms with Gasteiger partial charge in [0.1, 0.15) is 6.04 Å². The predicted molar refractivity (Wildman–Crippen MR) is 82.8 cm³/mol. The number of nitrogens with zero attached hydrogens (tertiary/aromatic N) is 1. The molecule has 1 aliphatic heterocycles. The lowest BCUT2D eigenvalue weighted by Gasteiger charge is -2.25. The summed E-state index contributed by atoms with van der Waals surface area (Å²) in [6, 6.07) is 10.3. The van der Waals surface area contributed by atoms with Gasteiger partial charge in [0, 0.05) is 26.7 Å². The van der Waals surface area contributed by atoms with Crippen LogP contribution in [0, 0.1) is 0 Å². The highest BCUT2D eigenvalue weighted by Gasteiger charge is 2.26. The van der Waals surface area contributed by atoms with Crippen molar-refractivity contribution in [2.24, 2.45) is 0 Å². The summed E-state index contributed by atoms with van der Waals surface area (Å²) in [6.45, 7) is 2.85. The number of rotatable bonds is 8. The largest absolute Gasteiger partial charge is 0.383 e. The van der Waals surface area contributed by atoms with Crippen LogP contribution in [0.25, 0.3) is 0 Å². The van der Waals surface area contributed by atoms with Gasteiger partial charge >= 0.3 is 0 Å². The topological polar surface area (TPSA) is 53.6 Å². The molecule has 2 rings (SSSR count). The molecule has 116 valence electrons. The number of carbonyl (C=O) groups is 1. The molecule has 1 heterocycles. The molecule has 5 heteroatoms. The molecule has 2 N–H and O–H groups in total. The van der Waals surface area contributed by atoms with E-state index in [0.29, 0.717) is 13.2 Å². The van der Waals surface area contributed by atoms with Gasteiger partial charge < -0.3 is 9.64 Å². The third-order valence-corrected chi connectivity index (χ3v) is 3.75. The first-order valence-corrected chi connectivity index (χ1v) is 7.61. The van der Waals surface area contributed by atoms with Crippen molar-refractivity contribution in [1.82, 2.24) is 15.8 Å². The van der Waals surface area contributed by atoms with Crippen molar-refractivity contribution in [1.29, 1.82) is 0 Å². The minimum atomic E-state index is -0.0985. The fourth-order valence-corrected chi connectivity index (χ4v) is 2.54. The Morgan fingerprint density at radius 2 is 2.14 bits per heavy atom.